The lowest BCUT2D eigenvalue weighted by atomic mass is 10.2. The van der Waals surface area contributed by atoms with E-state index in [9.17, 15) is 0 Å². The molecule has 0 bridgehead atoms. The lowest BCUT2D eigenvalue weighted by molar-refractivity contribution is 0.196. The fraction of sp³-hybridized carbons (Fsp3) is 0.636. The SMILES string of the molecule is CSc1nccnc1CN1CCN[C@H](C)C1. The van der Waals surface area contributed by atoms with E-state index < -0.39 is 0 Å². The summed E-state index contributed by atoms with van der Waals surface area (Å²) >= 11 is 1.67. The van der Waals surface area contributed by atoms with Crippen molar-refractivity contribution >= 4 is 11.8 Å². The van der Waals surface area contributed by atoms with Crippen molar-refractivity contribution in [2.45, 2.75) is 24.5 Å². The van der Waals surface area contributed by atoms with Crippen LogP contribution in [0.4, 0.5) is 0 Å². The summed E-state index contributed by atoms with van der Waals surface area (Å²) < 4.78 is 0. The molecule has 1 aromatic heterocycles. The molecule has 1 N–H and O–H groups in total. The zero-order valence-electron chi connectivity index (χ0n) is 9.81. The van der Waals surface area contributed by atoms with Crippen LogP contribution in [0.3, 0.4) is 0 Å². The molecule has 1 fully saturated rings. The van der Waals surface area contributed by atoms with Crippen molar-refractivity contribution in [2.75, 3.05) is 25.9 Å². The second-order valence-corrected chi connectivity index (χ2v) is 4.90. The first-order chi connectivity index (χ1) is 7.79. The molecule has 0 unspecified atom stereocenters. The van der Waals surface area contributed by atoms with Crippen molar-refractivity contribution in [1.82, 2.24) is 20.2 Å². The van der Waals surface area contributed by atoms with Gasteiger partial charge >= 0.3 is 0 Å². The van der Waals surface area contributed by atoms with Crippen LogP contribution >= 0.6 is 11.8 Å². The summed E-state index contributed by atoms with van der Waals surface area (Å²) in [6.45, 7) is 6.38. The van der Waals surface area contributed by atoms with Crippen molar-refractivity contribution in [2.24, 2.45) is 0 Å². The molecule has 0 aromatic carbocycles. The predicted octanol–water partition coefficient (Wildman–Crippen LogP) is 0.992. The first-order valence-corrected chi connectivity index (χ1v) is 6.81. The highest BCUT2D eigenvalue weighted by molar-refractivity contribution is 7.98. The number of hydrogen-bond acceptors (Lipinski definition) is 5. The molecule has 0 aliphatic carbocycles. The summed E-state index contributed by atoms with van der Waals surface area (Å²) in [6.07, 6.45) is 5.59. The quantitative estimate of drug-likeness (QED) is 0.795. The van der Waals surface area contributed by atoms with E-state index in [4.69, 9.17) is 0 Å². The first kappa shape index (κ1) is 11.8. The summed E-state index contributed by atoms with van der Waals surface area (Å²) in [7, 11) is 0. The van der Waals surface area contributed by atoms with E-state index in [-0.39, 0.29) is 0 Å². The molecule has 1 atom stereocenters. The summed E-state index contributed by atoms with van der Waals surface area (Å²) in [4.78, 5) is 11.2. The normalized spacial score (nSPS) is 22.2. The Hall–Kier alpha value is -0.650. The maximum atomic E-state index is 4.42. The Kier molecular flexibility index (Phi) is 4.15. The minimum atomic E-state index is 0.572. The molecule has 2 rings (SSSR count). The highest BCUT2D eigenvalue weighted by Crippen LogP contribution is 2.16. The highest BCUT2D eigenvalue weighted by atomic mass is 32.2. The predicted molar refractivity (Wildman–Crippen MR) is 66.6 cm³/mol. The van der Waals surface area contributed by atoms with Gasteiger partial charge < -0.3 is 5.32 Å². The van der Waals surface area contributed by atoms with Crippen LogP contribution in [-0.4, -0.2) is 46.8 Å². The van der Waals surface area contributed by atoms with E-state index >= 15 is 0 Å². The van der Waals surface area contributed by atoms with Gasteiger partial charge in [-0.25, -0.2) is 4.98 Å². The van der Waals surface area contributed by atoms with Gasteiger partial charge in [-0.3, -0.25) is 9.88 Å². The Labute approximate surface area is 101 Å². The third-order valence-corrected chi connectivity index (χ3v) is 3.48. The molecule has 1 aliphatic heterocycles. The van der Waals surface area contributed by atoms with Crippen LogP contribution in [0.2, 0.25) is 0 Å². The largest absolute Gasteiger partial charge is 0.312 e. The fourth-order valence-electron chi connectivity index (χ4n) is 2.00. The Morgan fingerprint density at radius 3 is 3.06 bits per heavy atom. The number of piperazine rings is 1. The minimum Gasteiger partial charge on any atom is -0.312 e. The molecule has 1 aliphatic rings. The van der Waals surface area contributed by atoms with Crippen LogP contribution in [0.1, 0.15) is 12.6 Å². The standard InChI is InChI=1S/C11H18N4S/c1-9-7-15(6-5-12-9)8-10-11(16-2)14-4-3-13-10/h3-4,9,12H,5-8H2,1-2H3/t9-/m1/s1. The van der Waals surface area contributed by atoms with Crippen molar-refractivity contribution in [3.8, 4) is 0 Å². The maximum absolute atomic E-state index is 4.42. The molecular weight excluding hydrogens is 220 g/mol. The molecule has 16 heavy (non-hydrogen) atoms. The zero-order chi connectivity index (χ0) is 11.4. The number of hydrogen-bond donors (Lipinski definition) is 1. The van der Waals surface area contributed by atoms with Gasteiger partial charge in [0.1, 0.15) is 5.03 Å². The zero-order valence-corrected chi connectivity index (χ0v) is 10.6. The van der Waals surface area contributed by atoms with Crippen LogP contribution in [0.5, 0.6) is 0 Å². The molecule has 0 radical (unpaired) electrons. The number of nitrogens with zero attached hydrogens (tertiary/aromatic N) is 3. The average Bonchev–Trinajstić information content (AvgIpc) is 2.30. The van der Waals surface area contributed by atoms with Gasteiger partial charge in [-0.15, -0.1) is 11.8 Å². The van der Waals surface area contributed by atoms with Crippen molar-refractivity contribution in [1.29, 1.82) is 0 Å². The third-order valence-electron chi connectivity index (χ3n) is 2.76. The Morgan fingerprint density at radius 1 is 1.50 bits per heavy atom. The maximum Gasteiger partial charge on any atom is 0.119 e. The summed E-state index contributed by atoms with van der Waals surface area (Å²) in [6, 6.07) is 0.572. The monoisotopic (exact) mass is 238 g/mol. The molecule has 88 valence electrons. The van der Waals surface area contributed by atoms with Gasteiger partial charge in [-0.05, 0) is 13.2 Å². The minimum absolute atomic E-state index is 0.572. The number of thioether (sulfide) groups is 1. The second kappa shape index (κ2) is 5.61. The van der Waals surface area contributed by atoms with E-state index in [2.05, 4.69) is 27.1 Å². The van der Waals surface area contributed by atoms with Gasteiger partial charge in [-0.1, -0.05) is 0 Å². The van der Waals surface area contributed by atoms with Crippen LogP contribution in [0.15, 0.2) is 17.4 Å². The Bertz CT molecular complexity index is 345. The van der Waals surface area contributed by atoms with Crippen molar-refractivity contribution < 1.29 is 0 Å². The van der Waals surface area contributed by atoms with Crippen LogP contribution in [-0.2, 0) is 6.54 Å². The highest BCUT2D eigenvalue weighted by Gasteiger charge is 2.17. The molecule has 0 amide bonds. The third kappa shape index (κ3) is 2.93. The van der Waals surface area contributed by atoms with Gasteiger partial charge in [-0.2, -0.15) is 0 Å². The number of rotatable bonds is 3. The topological polar surface area (TPSA) is 41.1 Å². The Balaban J connectivity index is 2.02. The number of aromatic nitrogens is 2. The van der Waals surface area contributed by atoms with Crippen molar-refractivity contribution in [3.63, 3.8) is 0 Å². The smallest absolute Gasteiger partial charge is 0.119 e. The molecule has 4 nitrogen and oxygen atoms in total. The number of nitrogens with one attached hydrogen (secondary N) is 1. The molecular formula is C11H18N4S. The van der Waals surface area contributed by atoms with E-state index in [1.165, 1.54) is 0 Å². The van der Waals surface area contributed by atoms with Crippen molar-refractivity contribution in [3.05, 3.63) is 18.1 Å². The summed E-state index contributed by atoms with van der Waals surface area (Å²) in [5, 5.41) is 4.49. The summed E-state index contributed by atoms with van der Waals surface area (Å²) in [5.41, 5.74) is 1.10. The van der Waals surface area contributed by atoms with E-state index in [0.29, 0.717) is 6.04 Å². The molecule has 5 heteroatoms. The summed E-state index contributed by atoms with van der Waals surface area (Å²) in [5.74, 6) is 0. The van der Waals surface area contributed by atoms with Gasteiger partial charge in [0.25, 0.3) is 0 Å². The lowest BCUT2D eigenvalue weighted by Crippen LogP contribution is -2.48. The van der Waals surface area contributed by atoms with Crippen LogP contribution in [0.25, 0.3) is 0 Å². The van der Waals surface area contributed by atoms with Gasteiger partial charge in [0.15, 0.2) is 0 Å². The van der Waals surface area contributed by atoms with E-state index in [1.54, 1.807) is 24.2 Å². The lowest BCUT2D eigenvalue weighted by Gasteiger charge is -2.31. The second-order valence-electron chi connectivity index (χ2n) is 4.10. The van der Waals surface area contributed by atoms with E-state index in [1.807, 2.05) is 6.26 Å². The van der Waals surface area contributed by atoms with Gasteiger partial charge in [0.05, 0.1) is 5.69 Å². The van der Waals surface area contributed by atoms with Gasteiger partial charge in [0.2, 0.25) is 0 Å². The first-order valence-electron chi connectivity index (χ1n) is 5.59. The molecule has 2 heterocycles. The van der Waals surface area contributed by atoms with Gasteiger partial charge in [0, 0.05) is 44.6 Å². The molecule has 0 saturated carbocycles. The molecule has 1 aromatic rings. The van der Waals surface area contributed by atoms with Crippen LogP contribution in [0, 0.1) is 0 Å². The van der Waals surface area contributed by atoms with E-state index in [0.717, 1.165) is 36.9 Å². The Morgan fingerprint density at radius 2 is 2.31 bits per heavy atom. The molecule has 1 saturated heterocycles. The fourth-order valence-corrected chi connectivity index (χ4v) is 2.52. The molecule has 0 spiro atoms. The average molecular weight is 238 g/mol. The van der Waals surface area contributed by atoms with Crippen LogP contribution < -0.4 is 5.32 Å².